The van der Waals surface area contributed by atoms with Gasteiger partial charge in [-0.25, -0.2) is 0 Å². The number of para-hydroxylation sites is 2. The number of hydrogen-bond donors (Lipinski definition) is 0. The Hall–Kier alpha value is -0.980. The maximum absolute atomic E-state index is 13.3. The van der Waals surface area contributed by atoms with Gasteiger partial charge in [-0.2, -0.15) is 4.58 Å². The molecule has 0 fully saturated rings. The first-order valence-electron chi connectivity index (χ1n) is 16.3. The largest absolute Gasteiger partial charge is 1.00 e. The fraction of sp³-hybridized carbons (Fsp3) is 0.514. The van der Waals surface area contributed by atoms with E-state index in [0.29, 0.717) is 37.1 Å². The van der Waals surface area contributed by atoms with Crippen molar-refractivity contribution in [1.29, 1.82) is 0 Å². The molecule has 2 unspecified atom stereocenters. The van der Waals surface area contributed by atoms with Crippen molar-refractivity contribution >= 4 is 60.6 Å². The summed E-state index contributed by atoms with van der Waals surface area (Å²) in [4.78, 5) is 4.58. The van der Waals surface area contributed by atoms with Gasteiger partial charge in [0.25, 0.3) is 0 Å². The molecule has 276 valence electrons. The van der Waals surface area contributed by atoms with Crippen molar-refractivity contribution < 1.29 is 55.8 Å². The van der Waals surface area contributed by atoms with Crippen molar-refractivity contribution in [2.45, 2.75) is 87.5 Å². The van der Waals surface area contributed by atoms with E-state index in [9.17, 15) is 9.13 Å². The molecule has 2 heterocycles. The topological polar surface area (TPSA) is 86.4 Å². The first-order valence-corrected chi connectivity index (χ1v) is 20.9. The Bertz CT molecular complexity index is 1570. The molecule has 4 rings (SSSR count). The standard InChI is InChI=1S/C18H27NO3P.C16H22NO3P.C2H5I.CH4.HI/c1-7-19-14(4)18(6,16-12-10-11-13-17(16)19)15(5)23(20,21-8-2)22-9-3;1-6-19-21(18,20-7-2)13(4)16(5)12(3)17-15-11-9-8-10-14(15)16;1-2-3;;/h10-13H,5,7-9H2,1-4,6H3;8-11H,4,6-7H2,1-3,5H3;2H2,1H3;1H4;1H/q+1;;;;/p-1. The van der Waals surface area contributed by atoms with Gasteiger partial charge in [0.15, 0.2) is 5.71 Å². The number of nitrogens with zero attached hydrogens (tertiary/aromatic N) is 2. The van der Waals surface area contributed by atoms with E-state index < -0.39 is 26.0 Å². The minimum Gasteiger partial charge on any atom is -1.00 e. The maximum Gasteiger partial charge on any atom is 0.358 e. The van der Waals surface area contributed by atoms with Gasteiger partial charge >= 0.3 is 15.2 Å². The van der Waals surface area contributed by atoms with Crippen molar-refractivity contribution in [2.75, 3.05) is 37.4 Å². The fourth-order valence-electron chi connectivity index (χ4n) is 6.01. The Morgan fingerprint density at radius 3 is 1.57 bits per heavy atom. The van der Waals surface area contributed by atoms with Crippen LogP contribution in [0.15, 0.2) is 77.3 Å². The van der Waals surface area contributed by atoms with E-state index in [0.717, 1.165) is 40.5 Å². The molecule has 2 aromatic rings. The average Bonchev–Trinajstić information content (AvgIpc) is 3.44. The van der Waals surface area contributed by atoms with Crippen LogP contribution < -0.4 is 24.0 Å². The van der Waals surface area contributed by atoms with Crippen LogP contribution in [-0.2, 0) is 38.1 Å². The summed E-state index contributed by atoms with van der Waals surface area (Å²) < 4.78 is 51.8. The van der Waals surface area contributed by atoms with Crippen LogP contribution in [0.2, 0.25) is 0 Å². The van der Waals surface area contributed by atoms with Gasteiger partial charge < -0.3 is 42.1 Å². The van der Waals surface area contributed by atoms with E-state index in [2.05, 4.69) is 85.1 Å². The normalized spacial score (nSPS) is 19.1. The molecule has 2 atom stereocenters. The van der Waals surface area contributed by atoms with Gasteiger partial charge in [0, 0.05) is 24.3 Å². The Morgan fingerprint density at radius 2 is 1.14 bits per heavy atom. The van der Waals surface area contributed by atoms with Crippen LogP contribution in [0.3, 0.4) is 0 Å². The Morgan fingerprint density at radius 1 is 0.755 bits per heavy atom. The summed E-state index contributed by atoms with van der Waals surface area (Å²) in [5.74, 6) is 0. The van der Waals surface area contributed by atoms with Crippen LogP contribution in [0, 0.1) is 0 Å². The molecule has 0 amide bonds. The molecule has 0 bridgehead atoms. The highest BCUT2D eigenvalue weighted by atomic mass is 127. The van der Waals surface area contributed by atoms with Crippen LogP contribution >= 0.6 is 37.8 Å². The lowest BCUT2D eigenvalue weighted by Crippen LogP contribution is -3.00. The van der Waals surface area contributed by atoms with Crippen LogP contribution in [-0.4, -0.2) is 53.4 Å². The highest BCUT2D eigenvalue weighted by Crippen LogP contribution is 2.65. The lowest BCUT2D eigenvalue weighted by molar-refractivity contribution is -0.434. The molecule has 8 nitrogen and oxygen atoms in total. The summed E-state index contributed by atoms with van der Waals surface area (Å²) in [5, 5.41) is 0.958. The Kier molecular flexibility index (Phi) is 20.5. The summed E-state index contributed by atoms with van der Waals surface area (Å²) in [7, 11) is -6.79. The molecule has 0 N–H and O–H groups in total. The second kappa shape index (κ2) is 20.9. The zero-order chi connectivity index (χ0) is 35.6. The molecular weight excluding hydrogens is 884 g/mol. The summed E-state index contributed by atoms with van der Waals surface area (Å²) >= 11 is 2.29. The predicted molar refractivity (Wildman–Crippen MR) is 213 cm³/mol. The van der Waals surface area contributed by atoms with Gasteiger partial charge in [0.1, 0.15) is 12.0 Å². The van der Waals surface area contributed by atoms with Crippen molar-refractivity contribution in [2.24, 2.45) is 4.99 Å². The highest BCUT2D eigenvalue weighted by molar-refractivity contribution is 14.1. The monoisotopic (exact) mass is 942 g/mol. The zero-order valence-corrected chi connectivity index (χ0v) is 36.4. The second-order valence-corrected chi connectivity index (χ2v) is 16.8. The van der Waals surface area contributed by atoms with E-state index >= 15 is 0 Å². The number of aliphatic imine (C=N–C) groups is 1. The lowest BCUT2D eigenvalue weighted by atomic mass is 9.80. The first-order chi connectivity index (χ1) is 22.2. The minimum absolute atomic E-state index is 0. The van der Waals surface area contributed by atoms with Gasteiger partial charge in [0.2, 0.25) is 5.69 Å². The maximum atomic E-state index is 13.3. The number of alkyl halides is 1. The third-order valence-electron chi connectivity index (χ3n) is 8.64. The average molecular weight is 943 g/mol. The predicted octanol–water partition coefficient (Wildman–Crippen LogP) is 8.77. The number of benzene rings is 2. The molecule has 0 saturated carbocycles. The van der Waals surface area contributed by atoms with Crippen molar-refractivity contribution in [3.05, 3.63) is 83.4 Å². The van der Waals surface area contributed by atoms with Gasteiger partial charge in [0.05, 0.1) is 48.2 Å². The quantitative estimate of drug-likeness (QED) is 0.0865. The number of rotatable bonds is 13. The molecular formula is C37H58I2N2O6P2. The van der Waals surface area contributed by atoms with Gasteiger partial charge in [-0.1, -0.05) is 86.5 Å². The third-order valence-corrected chi connectivity index (χ3v) is 13.3. The number of allylic oxidation sites excluding steroid dienone is 2. The van der Waals surface area contributed by atoms with Gasteiger partial charge in [-0.05, 0) is 71.4 Å². The smallest absolute Gasteiger partial charge is 0.358 e. The Labute approximate surface area is 327 Å². The minimum atomic E-state index is -3.40. The van der Waals surface area contributed by atoms with Crippen molar-refractivity contribution in [3.8, 4) is 0 Å². The number of hydrogen-bond acceptors (Lipinski definition) is 7. The molecule has 0 saturated heterocycles. The van der Waals surface area contributed by atoms with Gasteiger partial charge in [-0.15, -0.1) is 0 Å². The van der Waals surface area contributed by atoms with E-state index in [4.69, 9.17) is 18.1 Å². The Balaban J connectivity index is 0.000000841. The molecule has 0 radical (unpaired) electrons. The van der Waals surface area contributed by atoms with Crippen molar-refractivity contribution in [1.82, 2.24) is 0 Å². The van der Waals surface area contributed by atoms with E-state index in [-0.39, 0.29) is 31.4 Å². The zero-order valence-electron chi connectivity index (χ0n) is 30.3. The van der Waals surface area contributed by atoms with E-state index in [1.165, 1.54) is 4.43 Å². The molecule has 12 heteroatoms. The van der Waals surface area contributed by atoms with Crippen molar-refractivity contribution in [3.63, 3.8) is 0 Å². The number of halogens is 2. The second-order valence-electron chi connectivity index (χ2n) is 11.1. The molecule has 0 aliphatic carbocycles. The summed E-state index contributed by atoms with van der Waals surface area (Å²) in [6.07, 6.45) is 0. The van der Waals surface area contributed by atoms with Crippen LogP contribution in [0.4, 0.5) is 11.4 Å². The molecule has 0 spiro atoms. The SMILES string of the molecule is C.C=C(C1(C)C(C)=Nc2ccccc21)P(=O)(OCC)OCC.C=C(C1(C)C(C)=[N+](CC)c2ccccc21)P(=O)(OCC)OCC.CCI.[I-]. The summed E-state index contributed by atoms with van der Waals surface area (Å²) in [6, 6.07) is 16.0. The highest BCUT2D eigenvalue weighted by Gasteiger charge is 2.54. The van der Waals surface area contributed by atoms with E-state index in [1.54, 1.807) is 13.8 Å². The molecule has 2 aromatic carbocycles. The van der Waals surface area contributed by atoms with Crippen LogP contribution in [0.5, 0.6) is 0 Å². The fourth-order valence-corrected chi connectivity index (χ4v) is 9.80. The molecule has 49 heavy (non-hydrogen) atoms. The molecule has 2 aliphatic rings. The van der Waals surface area contributed by atoms with Gasteiger partial charge in [-0.3, -0.25) is 14.1 Å². The molecule has 0 aromatic heterocycles. The third kappa shape index (κ3) is 9.72. The lowest BCUT2D eigenvalue weighted by Gasteiger charge is -2.32. The first kappa shape index (κ1) is 48.0. The summed E-state index contributed by atoms with van der Waals surface area (Å²) in [6.45, 7) is 29.8. The number of fused-ring (bicyclic) bond motifs is 2. The summed E-state index contributed by atoms with van der Waals surface area (Å²) in [5.41, 5.74) is 4.88. The van der Waals surface area contributed by atoms with Crippen LogP contribution in [0.25, 0.3) is 0 Å². The van der Waals surface area contributed by atoms with Crippen LogP contribution in [0.1, 0.15) is 87.8 Å². The van der Waals surface area contributed by atoms with E-state index in [1.807, 2.05) is 64.1 Å². The molecule has 2 aliphatic heterocycles.